The number of hydrogen-bond acceptors (Lipinski definition) is 2. The molecule has 0 atom stereocenters. The Balaban J connectivity index is 0. The zero-order valence-electron chi connectivity index (χ0n) is 11.4. The Morgan fingerprint density at radius 2 is 1.78 bits per heavy atom. The normalized spacial score (nSPS) is 11.2. The van der Waals surface area contributed by atoms with E-state index in [0.29, 0.717) is 12.8 Å². The van der Waals surface area contributed by atoms with Crippen LogP contribution in [0.25, 0.3) is 0 Å². The Bertz CT molecular complexity index is 235. The van der Waals surface area contributed by atoms with Crippen molar-refractivity contribution in [3.8, 4) is 0 Å². The summed E-state index contributed by atoms with van der Waals surface area (Å²) < 4.78 is 3.22. The Kier molecular flexibility index (Phi) is 21.3. The molecule has 0 spiro atoms. The van der Waals surface area contributed by atoms with Gasteiger partial charge in [0.1, 0.15) is 0 Å². The van der Waals surface area contributed by atoms with E-state index in [1.54, 1.807) is 15.4 Å². The molecule has 0 saturated carbocycles. The van der Waals surface area contributed by atoms with Gasteiger partial charge in [-0.15, -0.1) is 26.4 Å². The minimum absolute atomic E-state index is 0.0243. The molecule has 0 amide bonds. The van der Waals surface area contributed by atoms with Crippen molar-refractivity contribution in [1.29, 1.82) is 0 Å². The number of allylic oxidation sites excluding steroid dienone is 4. The maximum atomic E-state index is 9.46. The van der Waals surface area contributed by atoms with Crippen molar-refractivity contribution in [3.05, 3.63) is 46.8 Å². The van der Waals surface area contributed by atoms with Crippen LogP contribution in [0.1, 0.15) is 26.2 Å². The summed E-state index contributed by atoms with van der Waals surface area (Å²) in [7, 11) is 0. The van der Waals surface area contributed by atoms with E-state index >= 15 is 0 Å². The van der Waals surface area contributed by atoms with Gasteiger partial charge in [0.05, 0.1) is 0 Å². The van der Waals surface area contributed by atoms with E-state index < -0.39 is 0 Å². The average molecular weight is 328 g/mol. The Morgan fingerprint density at radius 3 is 2.00 bits per heavy atom. The van der Waals surface area contributed by atoms with Gasteiger partial charge in [0.25, 0.3) is 0 Å². The molecule has 0 unspecified atom stereocenters. The molecule has 0 aliphatic heterocycles. The van der Waals surface area contributed by atoms with Gasteiger partial charge in [-0.25, -0.2) is 0 Å². The van der Waals surface area contributed by atoms with Crippen molar-refractivity contribution in [1.82, 2.24) is 0 Å². The summed E-state index contributed by atoms with van der Waals surface area (Å²) in [5, 5.41) is 18.9. The Morgan fingerprint density at radius 1 is 1.22 bits per heavy atom. The summed E-state index contributed by atoms with van der Waals surface area (Å²) in [5.74, 6) is 0. The van der Waals surface area contributed by atoms with E-state index in [4.69, 9.17) is 0 Å². The molecular weight excluding hydrogens is 303 g/mol. The van der Waals surface area contributed by atoms with Gasteiger partial charge in [0, 0.05) is 0 Å². The van der Waals surface area contributed by atoms with E-state index in [1.165, 1.54) is 10.5 Å². The van der Waals surface area contributed by atoms with Crippen LogP contribution in [-0.2, 0) is 23.2 Å². The van der Waals surface area contributed by atoms with Gasteiger partial charge in [-0.1, -0.05) is 25.0 Å². The van der Waals surface area contributed by atoms with Gasteiger partial charge in [0.15, 0.2) is 0 Å². The standard InChI is InChI=1S/C5H5.2C4H7O.C2H5.Zr/c1-2-4-5-3-1;2*1-2-3-4-5;1-2;/h1-3H,4H2;2*2H,1,3-4H2;1H2,2H3;/q;2*-1;;+2. The third-order valence-corrected chi connectivity index (χ3v) is 4.72. The van der Waals surface area contributed by atoms with Crippen LogP contribution in [0, 0.1) is 0 Å². The molecule has 0 heterocycles. The Labute approximate surface area is 123 Å². The van der Waals surface area contributed by atoms with Crippen molar-refractivity contribution in [2.75, 3.05) is 13.2 Å². The van der Waals surface area contributed by atoms with Crippen molar-refractivity contribution in [2.45, 2.75) is 30.3 Å². The zero-order valence-corrected chi connectivity index (χ0v) is 13.8. The molecule has 18 heavy (non-hydrogen) atoms. The Hall–Kier alpha value is -0.237. The van der Waals surface area contributed by atoms with Crippen LogP contribution < -0.4 is 10.2 Å². The fraction of sp³-hybridized carbons (Fsp3) is 0.467. The number of hydrogen-bond donors (Lipinski definition) is 0. The van der Waals surface area contributed by atoms with Gasteiger partial charge < -0.3 is 10.2 Å². The summed E-state index contributed by atoms with van der Waals surface area (Å²) in [6.07, 6.45) is 12.5. The van der Waals surface area contributed by atoms with Crippen molar-refractivity contribution < 1.29 is 33.4 Å². The van der Waals surface area contributed by atoms with E-state index in [9.17, 15) is 10.2 Å². The summed E-state index contributed by atoms with van der Waals surface area (Å²) in [6.45, 7) is 8.95. The molecule has 0 fully saturated rings. The fourth-order valence-electron chi connectivity index (χ4n) is 0.972. The first-order valence-corrected chi connectivity index (χ1v) is 9.21. The van der Waals surface area contributed by atoms with Gasteiger partial charge >= 0.3 is 62.2 Å². The molecule has 3 heteroatoms. The quantitative estimate of drug-likeness (QED) is 0.702. The molecule has 1 aliphatic rings. The molecule has 0 N–H and O–H groups in total. The van der Waals surface area contributed by atoms with E-state index in [1.807, 2.05) is 0 Å². The maximum absolute atomic E-state index is 9.46. The van der Waals surface area contributed by atoms with Gasteiger partial charge in [-0.3, -0.25) is 0 Å². The van der Waals surface area contributed by atoms with Gasteiger partial charge in [-0.2, -0.15) is 0 Å². The summed E-state index contributed by atoms with van der Waals surface area (Å²) in [5.41, 5.74) is 0. The molecule has 0 saturated heterocycles. The first-order chi connectivity index (χ1) is 8.76. The number of rotatable bonds is 6. The zero-order chi connectivity index (χ0) is 14.1. The molecule has 2 nitrogen and oxygen atoms in total. The van der Waals surface area contributed by atoms with E-state index in [2.05, 4.69) is 38.3 Å². The molecule has 1 aliphatic carbocycles. The van der Waals surface area contributed by atoms with Crippen LogP contribution in [0.3, 0.4) is 0 Å². The average Bonchev–Trinajstić information content (AvgIpc) is 2.86. The topological polar surface area (TPSA) is 46.1 Å². The second-order valence-electron chi connectivity index (χ2n) is 3.42. The first kappa shape index (κ1) is 20.1. The monoisotopic (exact) mass is 326 g/mol. The van der Waals surface area contributed by atoms with Crippen LogP contribution in [0.15, 0.2) is 46.8 Å². The van der Waals surface area contributed by atoms with Gasteiger partial charge in [0.2, 0.25) is 0 Å². The molecule has 100 valence electrons. The molecule has 0 radical (unpaired) electrons. The predicted octanol–water partition coefficient (Wildman–Crippen LogP) is 2.20. The van der Waals surface area contributed by atoms with Crippen LogP contribution >= 0.6 is 0 Å². The second-order valence-corrected chi connectivity index (χ2v) is 7.60. The van der Waals surface area contributed by atoms with Crippen LogP contribution in [0.2, 0.25) is 4.13 Å². The molecule has 0 aromatic heterocycles. The molecular formula is C15H24O2Zr. The SMILES string of the molecule is C=CCC[O-].C=CCC[O-].C[CH2][Zr+2][C]1=CC=CC1. The van der Waals surface area contributed by atoms with Crippen molar-refractivity contribution >= 4 is 0 Å². The van der Waals surface area contributed by atoms with E-state index in [-0.39, 0.29) is 36.4 Å². The van der Waals surface area contributed by atoms with E-state index in [0.717, 1.165) is 0 Å². The third-order valence-electron chi connectivity index (χ3n) is 1.82. The molecule has 0 aromatic rings. The predicted molar refractivity (Wildman–Crippen MR) is 71.7 cm³/mol. The van der Waals surface area contributed by atoms with Crippen LogP contribution in [0.4, 0.5) is 0 Å². The van der Waals surface area contributed by atoms with Crippen LogP contribution in [-0.4, -0.2) is 13.2 Å². The van der Waals surface area contributed by atoms with Crippen molar-refractivity contribution in [3.63, 3.8) is 0 Å². The second kappa shape index (κ2) is 19.1. The minimum atomic E-state index is -0.0469. The summed E-state index contributed by atoms with van der Waals surface area (Å²) in [6, 6.07) is 0. The molecule has 0 aromatic carbocycles. The first-order valence-electron chi connectivity index (χ1n) is 6.24. The molecule has 1 rings (SSSR count). The third kappa shape index (κ3) is 18.1. The summed E-state index contributed by atoms with van der Waals surface area (Å²) >= 11 is -0.0469. The summed E-state index contributed by atoms with van der Waals surface area (Å²) in [4.78, 5) is 0. The van der Waals surface area contributed by atoms with Crippen molar-refractivity contribution in [2.24, 2.45) is 0 Å². The van der Waals surface area contributed by atoms with Crippen LogP contribution in [0.5, 0.6) is 0 Å². The fourth-order valence-corrected chi connectivity index (χ4v) is 3.26. The van der Waals surface area contributed by atoms with Gasteiger partial charge in [-0.05, 0) is 0 Å². The molecule has 0 bridgehead atoms.